The highest BCUT2D eigenvalue weighted by Crippen LogP contribution is 2.30. The highest BCUT2D eigenvalue weighted by molar-refractivity contribution is 8.13. The van der Waals surface area contributed by atoms with Crippen molar-refractivity contribution < 1.29 is 8.42 Å². The number of benzene rings is 1. The van der Waals surface area contributed by atoms with Crippen molar-refractivity contribution in [1.29, 1.82) is 0 Å². The number of thiazole rings is 1. The minimum absolute atomic E-state index is 0.285. The maximum absolute atomic E-state index is 10.9. The molecule has 0 bridgehead atoms. The average molecular weight is 343 g/mol. The maximum Gasteiger partial charge on any atom is 0.238 e. The van der Waals surface area contributed by atoms with Gasteiger partial charge < -0.3 is 0 Å². The predicted octanol–water partition coefficient (Wildman–Crippen LogP) is 4.19. The zero-order valence-corrected chi connectivity index (χ0v) is 12.6. The van der Waals surface area contributed by atoms with Gasteiger partial charge in [0, 0.05) is 21.6 Å². The van der Waals surface area contributed by atoms with E-state index in [9.17, 15) is 8.42 Å². The minimum atomic E-state index is -3.59. The van der Waals surface area contributed by atoms with Gasteiger partial charge in [0.15, 0.2) is 0 Å². The summed E-state index contributed by atoms with van der Waals surface area (Å²) in [5.74, 6) is -0.285. The third kappa shape index (κ3) is 3.59. The van der Waals surface area contributed by atoms with Crippen LogP contribution in [0, 0.1) is 0 Å². The first-order valence-corrected chi connectivity index (χ1v) is 8.79. The largest absolute Gasteiger partial charge is 0.240 e. The van der Waals surface area contributed by atoms with Crippen LogP contribution in [0.25, 0.3) is 10.6 Å². The van der Waals surface area contributed by atoms with Gasteiger partial charge in [0.05, 0.1) is 15.7 Å². The van der Waals surface area contributed by atoms with Gasteiger partial charge in [-0.25, -0.2) is 13.4 Å². The van der Waals surface area contributed by atoms with Gasteiger partial charge in [0.2, 0.25) is 9.05 Å². The molecule has 0 amide bonds. The zero-order valence-electron chi connectivity index (χ0n) is 8.73. The fourth-order valence-corrected chi connectivity index (χ4v) is 3.37. The Labute approximate surface area is 123 Å². The van der Waals surface area contributed by atoms with Crippen molar-refractivity contribution in [3.05, 3.63) is 39.3 Å². The number of rotatable bonds is 3. The van der Waals surface area contributed by atoms with Crippen LogP contribution in [0.4, 0.5) is 0 Å². The third-order valence-corrected chi connectivity index (χ3v) is 4.69. The Bertz CT molecular complexity index is 682. The van der Waals surface area contributed by atoms with Crippen LogP contribution in [-0.4, -0.2) is 13.4 Å². The smallest absolute Gasteiger partial charge is 0.238 e. The van der Waals surface area contributed by atoms with Gasteiger partial charge in [0.1, 0.15) is 10.8 Å². The van der Waals surface area contributed by atoms with E-state index in [1.807, 2.05) is 0 Å². The van der Waals surface area contributed by atoms with E-state index in [0.29, 0.717) is 20.7 Å². The summed E-state index contributed by atoms with van der Waals surface area (Å²) in [5, 5.41) is 3.21. The van der Waals surface area contributed by atoms with Crippen LogP contribution in [0.3, 0.4) is 0 Å². The van der Waals surface area contributed by atoms with Crippen molar-refractivity contribution in [3.8, 4) is 10.6 Å². The maximum atomic E-state index is 10.9. The molecule has 0 atom stereocenters. The molecule has 0 fully saturated rings. The van der Waals surface area contributed by atoms with Crippen molar-refractivity contribution in [3.63, 3.8) is 0 Å². The molecule has 1 aromatic carbocycles. The highest BCUT2D eigenvalue weighted by atomic mass is 35.7. The monoisotopic (exact) mass is 341 g/mol. The van der Waals surface area contributed by atoms with Crippen molar-refractivity contribution in [2.24, 2.45) is 0 Å². The van der Waals surface area contributed by atoms with E-state index in [-0.39, 0.29) is 5.75 Å². The van der Waals surface area contributed by atoms with Crippen LogP contribution < -0.4 is 0 Å². The highest BCUT2D eigenvalue weighted by Gasteiger charge is 2.12. The van der Waals surface area contributed by atoms with Crippen LogP contribution in [0.2, 0.25) is 10.0 Å². The molecule has 1 heterocycles. The predicted molar refractivity (Wildman–Crippen MR) is 76.0 cm³/mol. The van der Waals surface area contributed by atoms with E-state index in [0.717, 1.165) is 5.56 Å². The Morgan fingerprint density at radius 3 is 2.56 bits per heavy atom. The second-order valence-electron chi connectivity index (χ2n) is 3.46. The van der Waals surface area contributed by atoms with Gasteiger partial charge in [-0.2, -0.15) is 0 Å². The Hall–Kier alpha value is -0.330. The standard InChI is InChI=1S/C10H6Cl3NO2S2/c11-8-2-1-6(3-9(8)12)10-14-7(4-17-10)5-18(13,15)16/h1-4H,5H2. The summed E-state index contributed by atoms with van der Waals surface area (Å²) in [4.78, 5) is 4.19. The third-order valence-electron chi connectivity index (χ3n) is 2.04. The Kier molecular flexibility index (Phi) is 4.18. The molecule has 0 aliphatic heterocycles. The first-order valence-electron chi connectivity index (χ1n) is 4.67. The first kappa shape index (κ1) is 14.1. The van der Waals surface area contributed by atoms with E-state index >= 15 is 0 Å². The lowest BCUT2D eigenvalue weighted by molar-refractivity contribution is 0.608. The molecule has 2 rings (SSSR count). The molecule has 96 valence electrons. The molecule has 0 aliphatic rings. The van der Waals surface area contributed by atoms with Crippen molar-refractivity contribution in [2.45, 2.75) is 5.75 Å². The molecule has 0 radical (unpaired) electrons. The molecule has 1 aromatic heterocycles. The lowest BCUT2D eigenvalue weighted by atomic mass is 10.2. The van der Waals surface area contributed by atoms with Crippen molar-refractivity contribution >= 4 is 54.3 Å². The zero-order chi connectivity index (χ0) is 13.3. The first-order chi connectivity index (χ1) is 8.35. The molecule has 3 nitrogen and oxygen atoms in total. The summed E-state index contributed by atoms with van der Waals surface area (Å²) in [7, 11) is 1.58. The van der Waals surface area contributed by atoms with Crippen LogP contribution in [0.15, 0.2) is 23.6 Å². The van der Waals surface area contributed by atoms with Gasteiger partial charge in [-0.1, -0.05) is 29.3 Å². The number of halogens is 3. The molecule has 0 unspecified atom stereocenters. The SMILES string of the molecule is O=S(=O)(Cl)Cc1csc(-c2ccc(Cl)c(Cl)c2)n1. The molecule has 18 heavy (non-hydrogen) atoms. The molecular formula is C10H6Cl3NO2S2. The van der Waals surface area contributed by atoms with Crippen LogP contribution in [-0.2, 0) is 14.8 Å². The number of aromatic nitrogens is 1. The van der Waals surface area contributed by atoms with E-state index in [2.05, 4.69) is 4.98 Å². The molecular weight excluding hydrogens is 337 g/mol. The lowest BCUT2D eigenvalue weighted by Crippen LogP contribution is -1.94. The summed E-state index contributed by atoms with van der Waals surface area (Å²) >= 11 is 13.0. The molecule has 0 N–H and O–H groups in total. The summed E-state index contributed by atoms with van der Waals surface area (Å²) in [6.07, 6.45) is 0. The molecule has 0 saturated carbocycles. The fraction of sp³-hybridized carbons (Fsp3) is 0.100. The van der Waals surface area contributed by atoms with Crippen LogP contribution in [0.1, 0.15) is 5.69 Å². The topological polar surface area (TPSA) is 47.0 Å². The molecule has 8 heteroatoms. The van der Waals surface area contributed by atoms with E-state index in [1.165, 1.54) is 11.3 Å². The Balaban J connectivity index is 2.32. The summed E-state index contributed by atoms with van der Waals surface area (Å²) in [6, 6.07) is 5.12. The Morgan fingerprint density at radius 1 is 1.22 bits per heavy atom. The van der Waals surface area contributed by atoms with E-state index in [1.54, 1.807) is 23.6 Å². The summed E-state index contributed by atoms with van der Waals surface area (Å²) in [6.45, 7) is 0. The Morgan fingerprint density at radius 2 is 1.94 bits per heavy atom. The normalized spacial score (nSPS) is 11.7. The van der Waals surface area contributed by atoms with Crippen LogP contribution in [0.5, 0.6) is 0 Å². The lowest BCUT2D eigenvalue weighted by Gasteiger charge is -1.99. The molecule has 0 saturated heterocycles. The van der Waals surface area contributed by atoms with E-state index in [4.69, 9.17) is 33.9 Å². The van der Waals surface area contributed by atoms with Gasteiger partial charge in [-0.15, -0.1) is 11.3 Å². The average Bonchev–Trinajstić information content (AvgIpc) is 2.68. The molecule has 0 spiro atoms. The number of nitrogens with zero attached hydrogens (tertiary/aromatic N) is 1. The quantitative estimate of drug-likeness (QED) is 0.786. The number of hydrogen-bond acceptors (Lipinski definition) is 4. The van der Waals surface area contributed by atoms with E-state index < -0.39 is 9.05 Å². The van der Waals surface area contributed by atoms with Crippen molar-refractivity contribution in [2.75, 3.05) is 0 Å². The summed E-state index contributed by atoms with van der Waals surface area (Å²) in [5.41, 5.74) is 1.20. The van der Waals surface area contributed by atoms with Crippen LogP contribution >= 0.6 is 45.2 Å². The summed E-state index contributed by atoms with van der Waals surface area (Å²) < 4.78 is 21.9. The van der Waals surface area contributed by atoms with Gasteiger partial charge in [-0.3, -0.25) is 0 Å². The minimum Gasteiger partial charge on any atom is -0.240 e. The van der Waals surface area contributed by atoms with Gasteiger partial charge in [-0.05, 0) is 12.1 Å². The van der Waals surface area contributed by atoms with Gasteiger partial charge >= 0.3 is 0 Å². The number of hydrogen-bond donors (Lipinski definition) is 0. The second kappa shape index (κ2) is 5.35. The van der Waals surface area contributed by atoms with Gasteiger partial charge in [0.25, 0.3) is 0 Å². The second-order valence-corrected chi connectivity index (χ2v) is 7.91. The van der Waals surface area contributed by atoms with Crippen molar-refractivity contribution in [1.82, 2.24) is 4.98 Å². The molecule has 0 aliphatic carbocycles. The molecule has 2 aromatic rings. The fourth-order valence-electron chi connectivity index (χ4n) is 1.31.